The van der Waals surface area contributed by atoms with E-state index in [0.29, 0.717) is 18.3 Å². The summed E-state index contributed by atoms with van der Waals surface area (Å²) in [5.41, 5.74) is 2.05. The first-order valence-electron chi connectivity index (χ1n) is 6.44. The maximum atomic E-state index is 11.5. The highest BCUT2D eigenvalue weighted by molar-refractivity contribution is 8.01. The average molecular weight is 307 g/mol. The Hall–Kier alpha value is -1.33. The first kappa shape index (κ1) is 15.1. The first-order valence-corrected chi connectivity index (χ1v) is 8.31. The number of hydrogen-bond acceptors (Lipinski definition) is 5. The maximum Gasteiger partial charge on any atom is 0.316 e. The van der Waals surface area contributed by atoms with Gasteiger partial charge in [-0.2, -0.15) is 0 Å². The minimum atomic E-state index is -0.180. The van der Waals surface area contributed by atoms with Gasteiger partial charge in [-0.1, -0.05) is 55.9 Å². The van der Waals surface area contributed by atoms with Crippen molar-refractivity contribution in [2.75, 3.05) is 12.4 Å². The molecular weight excluding hydrogens is 290 g/mol. The van der Waals surface area contributed by atoms with Crippen molar-refractivity contribution in [3.8, 4) is 11.3 Å². The van der Waals surface area contributed by atoms with Crippen molar-refractivity contribution in [2.24, 2.45) is 5.92 Å². The van der Waals surface area contributed by atoms with Gasteiger partial charge in [0.2, 0.25) is 0 Å². The third kappa shape index (κ3) is 4.65. The summed E-state index contributed by atoms with van der Waals surface area (Å²) < 4.78 is 6.03. The Morgan fingerprint density at radius 2 is 2.10 bits per heavy atom. The van der Waals surface area contributed by atoms with Crippen LogP contribution in [-0.4, -0.2) is 23.3 Å². The van der Waals surface area contributed by atoms with Crippen LogP contribution in [-0.2, 0) is 9.53 Å². The highest BCUT2D eigenvalue weighted by Gasteiger charge is 2.09. The van der Waals surface area contributed by atoms with Gasteiger partial charge in [-0.3, -0.25) is 4.79 Å². The molecule has 3 nitrogen and oxygen atoms in total. The van der Waals surface area contributed by atoms with Gasteiger partial charge in [0, 0.05) is 10.9 Å². The molecule has 1 aromatic carbocycles. The monoisotopic (exact) mass is 307 g/mol. The third-order valence-corrected chi connectivity index (χ3v) is 4.44. The minimum Gasteiger partial charge on any atom is -0.465 e. The summed E-state index contributed by atoms with van der Waals surface area (Å²) in [7, 11) is 0. The molecule has 0 amide bonds. The van der Waals surface area contributed by atoms with E-state index in [4.69, 9.17) is 4.74 Å². The summed E-state index contributed by atoms with van der Waals surface area (Å²) in [4.78, 5) is 16.1. The van der Waals surface area contributed by atoms with Crippen molar-refractivity contribution in [3.63, 3.8) is 0 Å². The van der Waals surface area contributed by atoms with E-state index in [1.165, 1.54) is 11.8 Å². The van der Waals surface area contributed by atoms with Crippen molar-refractivity contribution in [1.29, 1.82) is 0 Å². The van der Waals surface area contributed by atoms with E-state index in [1.807, 2.05) is 49.6 Å². The molecule has 0 aliphatic rings. The molecule has 0 radical (unpaired) electrons. The Morgan fingerprint density at radius 3 is 2.80 bits per heavy atom. The number of hydrogen-bond donors (Lipinski definition) is 0. The summed E-state index contributed by atoms with van der Waals surface area (Å²) in [5, 5.41) is 2.01. The lowest BCUT2D eigenvalue weighted by Gasteiger charge is -2.05. The highest BCUT2D eigenvalue weighted by atomic mass is 32.2. The number of aromatic nitrogens is 1. The van der Waals surface area contributed by atoms with Gasteiger partial charge in [-0.15, -0.1) is 11.3 Å². The molecule has 0 aliphatic heterocycles. The van der Waals surface area contributed by atoms with E-state index >= 15 is 0 Å². The summed E-state index contributed by atoms with van der Waals surface area (Å²) in [5.74, 6) is 0.503. The molecule has 1 aromatic heterocycles. The van der Waals surface area contributed by atoms with Crippen LogP contribution < -0.4 is 0 Å². The average Bonchev–Trinajstić information content (AvgIpc) is 2.93. The van der Waals surface area contributed by atoms with Crippen molar-refractivity contribution in [1.82, 2.24) is 4.98 Å². The predicted octanol–water partition coefficient (Wildman–Crippen LogP) is 4.10. The molecule has 0 aliphatic carbocycles. The number of benzene rings is 1. The van der Waals surface area contributed by atoms with E-state index in [-0.39, 0.29) is 5.97 Å². The summed E-state index contributed by atoms with van der Waals surface area (Å²) >= 11 is 2.98. The number of carbonyl (C=O) groups is 1. The molecule has 5 heteroatoms. The van der Waals surface area contributed by atoms with Crippen LogP contribution >= 0.6 is 23.1 Å². The quantitative estimate of drug-likeness (QED) is 0.595. The van der Waals surface area contributed by atoms with Crippen LogP contribution in [0.2, 0.25) is 0 Å². The molecule has 0 fully saturated rings. The number of rotatable bonds is 6. The molecule has 2 aromatic rings. The molecule has 106 valence electrons. The van der Waals surface area contributed by atoms with Crippen LogP contribution in [0, 0.1) is 5.92 Å². The zero-order chi connectivity index (χ0) is 14.4. The highest BCUT2D eigenvalue weighted by Crippen LogP contribution is 2.28. The summed E-state index contributed by atoms with van der Waals surface area (Å²) in [6.45, 7) is 4.52. The molecule has 0 N–H and O–H groups in total. The van der Waals surface area contributed by atoms with Gasteiger partial charge in [-0.05, 0) is 5.92 Å². The lowest BCUT2D eigenvalue weighted by Crippen LogP contribution is -2.11. The van der Waals surface area contributed by atoms with Gasteiger partial charge in [0.25, 0.3) is 0 Å². The normalized spacial score (nSPS) is 10.8. The Bertz CT molecular complexity index is 552. The van der Waals surface area contributed by atoms with Crippen molar-refractivity contribution in [3.05, 3.63) is 35.7 Å². The van der Waals surface area contributed by atoms with Gasteiger partial charge in [0.05, 0.1) is 18.1 Å². The van der Waals surface area contributed by atoms with Crippen LogP contribution in [0.1, 0.15) is 13.8 Å². The molecule has 1 heterocycles. The largest absolute Gasteiger partial charge is 0.465 e. The second kappa shape index (κ2) is 7.45. The summed E-state index contributed by atoms with van der Waals surface area (Å²) in [6, 6.07) is 10.0. The van der Waals surface area contributed by atoms with Gasteiger partial charge >= 0.3 is 5.97 Å². The van der Waals surface area contributed by atoms with Gasteiger partial charge in [0.15, 0.2) is 4.34 Å². The lowest BCUT2D eigenvalue weighted by molar-refractivity contribution is -0.141. The predicted molar refractivity (Wildman–Crippen MR) is 84.1 cm³/mol. The van der Waals surface area contributed by atoms with Gasteiger partial charge < -0.3 is 4.74 Å². The fourth-order valence-corrected chi connectivity index (χ4v) is 3.12. The molecule has 2 rings (SSSR count). The van der Waals surface area contributed by atoms with E-state index in [0.717, 1.165) is 15.6 Å². The van der Waals surface area contributed by atoms with E-state index < -0.39 is 0 Å². The van der Waals surface area contributed by atoms with Crippen molar-refractivity contribution in [2.45, 2.75) is 18.2 Å². The number of thiazole rings is 1. The first-order chi connectivity index (χ1) is 9.65. The van der Waals surface area contributed by atoms with Crippen molar-refractivity contribution < 1.29 is 9.53 Å². The molecule has 0 saturated carbocycles. The van der Waals surface area contributed by atoms with E-state index in [9.17, 15) is 4.79 Å². The SMILES string of the molecule is CC(C)COC(=O)CSc1nc(-c2ccccc2)cs1. The topological polar surface area (TPSA) is 39.2 Å². The molecular formula is C15H17NO2S2. The van der Waals surface area contributed by atoms with Crippen LogP contribution in [0.4, 0.5) is 0 Å². The van der Waals surface area contributed by atoms with E-state index in [1.54, 1.807) is 11.3 Å². The molecule has 0 bridgehead atoms. The lowest BCUT2D eigenvalue weighted by atomic mass is 10.2. The Labute approximate surface area is 127 Å². The van der Waals surface area contributed by atoms with E-state index in [2.05, 4.69) is 4.98 Å². The molecule has 0 unspecified atom stereocenters. The zero-order valence-corrected chi connectivity index (χ0v) is 13.2. The molecule has 20 heavy (non-hydrogen) atoms. The second-order valence-corrected chi connectivity index (χ2v) is 6.81. The minimum absolute atomic E-state index is 0.180. The number of esters is 1. The van der Waals surface area contributed by atoms with Crippen LogP contribution in [0.15, 0.2) is 40.1 Å². The standard InChI is InChI=1S/C15H17NO2S2/c1-11(2)8-18-14(17)10-20-15-16-13(9-19-15)12-6-4-3-5-7-12/h3-7,9,11H,8,10H2,1-2H3. The summed E-state index contributed by atoms with van der Waals surface area (Å²) in [6.07, 6.45) is 0. The van der Waals surface area contributed by atoms with Crippen LogP contribution in [0.5, 0.6) is 0 Å². The number of thioether (sulfide) groups is 1. The number of carbonyl (C=O) groups excluding carboxylic acids is 1. The Balaban J connectivity index is 1.86. The third-order valence-electron chi connectivity index (χ3n) is 2.44. The van der Waals surface area contributed by atoms with Gasteiger partial charge in [-0.25, -0.2) is 4.98 Å². The Kier molecular flexibility index (Phi) is 5.61. The van der Waals surface area contributed by atoms with Crippen molar-refractivity contribution >= 4 is 29.1 Å². The smallest absolute Gasteiger partial charge is 0.316 e. The fraction of sp³-hybridized carbons (Fsp3) is 0.333. The van der Waals surface area contributed by atoms with Gasteiger partial charge in [0.1, 0.15) is 0 Å². The second-order valence-electron chi connectivity index (χ2n) is 4.73. The number of nitrogens with zero attached hydrogens (tertiary/aromatic N) is 1. The van der Waals surface area contributed by atoms with Crippen LogP contribution in [0.3, 0.4) is 0 Å². The maximum absolute atomic E-state index is 11.5. The molecule has 0 spiro atoms. The zero-order valence-electron chi connectivity index (χ0n) is 11.5. The molecule has 0 atom stereocenters. The van der Waals surface area contributed by atoms with Crippen LogP contribution in [0.25, 0.3) is 11.3 Å². The molecule has 0 saturated heterocycles. The number of ether oxygens (including phenoxy) is 1. The Morgan fingerprint density at radius 1 is 1.35 bits per heavy atom. The fourth-order valence-electron chi connectivity index (χ4n) is 1.49.